The highest BCUT2D eigenvalue weighted by atomic mass is 32.2. The van der Waals surface area contributed by atoms with Crippen LogP contribution in [-0.2, 0) is 11.3 Å². The number of aryl methyl sites for hydroxylation is 1. The molecule has 3 rings (SSSR count). The third-order valence-electron chi connectivity index (χ3n) is 4.20. The number of fused-ring (bicyclic) bond motifs is 1. The number of nitrogens with one attached hydrogen (secondary N) is 1. The monoisotopic (exact) mass is 279 g/mol. The van der Waals surface area contributed by atoms with Gasteiger partial charge < -0.3 is 14.8 Å². The van der Waals surface area contributed by atoms with Gasteiger partial charge in [-0.05, 0) is 26.0 Å². The van der Waals surface area contributed by atoms with Gasteiger partial charge in [-0.15, -0.1) is 0 Å². The van der Waals surface area contributed by atoms with Gasteiger partial charge in [0.25, 0.3) is 0 Å². The van der Waals surface area contributed by atoms with Crippen LogP contribution in [0.3, 0.4) is 0 Å². The van der Waals surface area contributed by atoms with Crippen LogP contribution in [0.25, 0.3) is 0 Å². The van der Waals surface area contributed by atoms with Crippen LogP contribution in [0.5, 0.6) is 0 Å². The molecule has 1 aromatic heterocycles. The summed E-state index contributed by atoms with van der Waals surface area (Å²) in [5.74, 6) is 2.29. The Bertz CT molecular complexity index is 479. The van der Waals surface area contributed by atoms with Gasteiger partial charge in [-0.3, -0.25) is 4.79 Å². The van der Waals surface area contributed by atoms with Crippen LogP contribution < -0.4 is 5.32 Å². The highest BCUT2D eigenvalue weighted by Gasteiger charge is 2.33. The SMILES string of the molecule is Cc1ccc2n1CCN(C(=O)C1CSCCN1)C2C. The molecule has 1 N–H and O–H groups in total. The molecule has 2 aliphatic heterocycles. The van der Waals surface area contributed by atoms with Crippen molar-refractivity contribution >= 4 is 17.7 Å². The summed E-state index contributed by atoms with van der Waals surface area (Å²) < 4.78 is 2.33. The topological polar surface area (TPSA) is 37.3 Å². The molecule has 104 valence electrons. The van der Waals surface area contributed by atoms with Crippen molar-refractivity contribution in [3.8, 4) is 0 Å². The van der Waals surface area contributed by atoms with Gasteiger partial charge in [0.15, 0.2) is 0 Å². The van der Waals surface area contributed by atoms with Crippen LogP contribution in [0.15, 0.2) is 12.1 Å². The molecule has 1 amide bonds. The summed E-state index contributed by atoms with van der Waals surface area (Å²) in [6, 6.07) is 4.49. The van der Waals surface area contributed by atoms with E-state index in [0.717, 1.165) is 31.1 Å². The number of aromatic nitrogens is 1. The van der Waals surface area contributed by atoms with Crippen LogP contribution in [0, 0.1) is 6.92 Å². The maximum atomic E-state index is 12.6. The number of carbonyl (C=O) groups is 1. The number of hydrogen-bond donors (Lipinski definition) is 1. The van der Waals surface area contributed by atoms with Crippen LogP contribution >= 0.6 is 11.8 Å². The van der Waals surface area contributed by atoms with E-state index in [1.165, 1.54) is 11.4 Å². The van der Waals surface area contributed by atoms with E-state index in [1.807, 2.05) is 16.7 Å². The number of amides is 1. The molecule has 0 saturated carbocycles. The summed E-state index contributed by atoms with van der Waals surface area (Å²) in [7, 11) is 0. The minimum atomic E-state index is 0.00353. The Kier molecular flexibility index (Phi) is 3.58. The minimum Gasteiger partial charge on any atom is -0.345 e. The van der Waals surface area contributed by atoms with Crippen LogP contribution in [0.2, 0.25) is 0 Å². The average Bonchev–Trinajstić information content (AvgIpc) is 2.82. The highest BCUT2D eigenvalue weighted by molar-refractivity contribution is 7.99. The molecule has 19 heavy (non-hydrogen) atoms. The Morgan fingerprint density at radius 2 is 2.26 bits per heavy atom. The fraction of sp³-hybridized carbons (Fsp3) is 0.643. The van der Waals surface area contributed by atoms with E-state index in [0.29, 0.717) is 0 Å². The van der Waals surface area contributed by atoms with Crippen molar-refractivity contribution in [1.29, 1.82) is 0 Å². The molecule has 4 nitrogen and oxygen atoms in total. The van der Waals surface area contributed by atoms with Gasteiger partial charge in [0, 0.05) is 42.5 Å². The van der Waals surface area contributed by atoms with Crippen molar-refractivity contribution in [2.24, 2.45) is 0 Å². The van der Waals surface area contributed by atoms with E-state index in [9.17, 15) is 4.79 Å². The van der Waals surface area contributed by atoms with E-state index in [2.05, 4.69) is 35.9 Å². The Balaban J connectivity index is 1.77. The van der Waals surface area contributed by atoms with Crippen molar-refractivity contribution < 1.29 is 4.79 Å². The van der Waals surface area contributed by atoms with Crippen molar-refractivity contribution in [2.45, 2.75) is 32.5 Å². The quantitative estimate of drug-likeness (QED) is 0.844. The summed E-state index contributed by atoms with van der Waals surface area (Å²) >= 11 is 1.87. The molecule has 5 heteroatoms. The minimum absolute atomic E-state index is 0.00353. The maximum Gasteiger partial charge on any atom is 0.241 e. The molecule has 0 bridgehead atoms. The van der Waals surface area contributed by atoms with Gasteiger partial charge in [-0.25, -0.2) is 0 Å². The van der Waals surface area contributed by atoms with Crippen molar-refractivity contribution in [1.82, 2.24) is 14.8 Å². The van der Waals surface area contributed by atoms with Gasteiger partial charge in [-0.2, -0.15) is 11.8 Å². The predicted molar refractivity (Wildman–Crippen MR) is 78.4 cm³/mol. The van der Waals surface area contributed by atoms with Gasteiger partial charge in [0.2, 0.25) is 5.91 Å². The van der Waals surface area contributed by atoms with E-state index in [4.69, 9.17) is 0 Å². The summed E-state index contributed by atoms with van der Waals surface area (Å²) in [6.07, 6.45) is 0. The van der Waals surface area contributed by atoms with Crippen LogP contribution in [0.1, 0.15) is 24.4 Å². The van der Waals surface area contributed by atoms with Crippen molar-refractivity contribution in [3.05, 3.63) is 23.5 Å². The first-order valence-corrected chi connectivity index (χ1v) is 8.11. The Labute approximate surface area is 118 Å². The lowest BCUT2D eigenvalue weighted by Gasteiger charge is -2.38. The van der Waals surface area contributed by atoms with Gasteiger partial charge in [-0.1, -0.05) is 0 Å². The number of rotatable bonds is 1. The first-order valence-electron chi connectivity index (χ1n) is 6.96. The second-order valence-corrected chi connectivity index (χ2v) is 6.49. The first-order chi connectivity index (χ1) is 9.18. The zero-order valence-electron chi connectivity index (χ0n) is 11.6. The van der Waals surface area contributed by atoms with Gasteiger partial charge in [0.05, 0.1) is 12.1 Å². The molecule has 0 spiro atoms. The molecular weight excluding hydrogens is 258 g/mol. The molecule has 0 aromatic carbocycles. The fourth-order valence-corrected chi connectivity index (χ4v) is 3.97. The predicted octanol–water partition coefficient (Wildman–Crippen LogP) is 1.40. The fourth-order valence-electron chi connectivity index (χ4n) is 3.05. The lowest BCUT2D eigenvalue weighted by Crippen LogP contribution is -2.53. The Morgan fingerprint density at radius 1 is 1.42 bits per heavy atom. The molecule has 0 radical (unpaired) electrons. The summed E-state index contributed by atoms with van der Waals surface area (Å²) in [6.45, 7) is 6.96. The third kappa shape index (κ3) is 2.30. The second kappa shape index (κ2) is 5.21. The summed E-state index contributed by atoms with van der Waals surface area (Å²) in [5, 5.41) is 3.35. The molecule has 1 fully saturated rings. The molecule has 2 atom stereocenters. The lowest BCUT2D eigenvalue weighted by atomic mass is 10.1. The maximum absolute atomic E-state index is 12.6. The van der Waals surface area contributed by atoms with Gasteiger partial charge >= 0.3 is 0 Å². The zero-order valence-corrected chi connectivity index (χ0v) is 12.4. The number of carbonyl (C=O) groups excluding carboxylic acids is 1. The average molecular weight is 279 g/mol. The molecule has 0 aliphatic carbocycles. The normalized spacial score (nSPS) is 27.2. The smallest absolute Gasteiger partial charge is 0.241 e. The number of nitrogens with zero attached hydrogens (tertiary/aromatic N) is 2. The number of hydrogen-bond acceptors (Lipinski definition) is 3. The van der Waals surface area contributed by atoms with Gasteiger partial charge in [0.1, 0.15) is 0 Å². The van der Waals surface area contributed by atoms with E-state index in [-0.39, 0.29) is 18.0 Å². The highest BCUT2D eigenvalue weighted by Crippen LogP contribution is 2.28. The van der Waals surface area contributed by atoms with Crippen LogP contribution in [-0.4, -0.2) is 46.0 Å². The third-order valence-corrected chi connectivity index (χ3v) is 5.26. The summed E-state index contributed by atoms with van der Waals surface area (Å²) in [5.41, 5.74) is 2.56. The molecular formula is C14H21N3OS. The molecule has 2 unspecified atom stereocenters. The van der Waals surface area contributed by atoms with Crippen molar-refractivity contribution in [3.63, 3.8) is 0 Å². The first kappa shape index (κ1) is 13.1. The van der Waals surface area contributed by atoms with E-state index >= 15 is 0 Å². The Morgan fingerprint density at radius 3 is 3.00 bits per heavy atom. The van der Waals surface area contributed by atoms with E-state index < -0.39 is 0 Å². The zero-order chi connectivity index (χ0) is 13.4. The lowest BCUT2D eigenvalue weighted by molar-refractivity contribution is -0.136. The van der Waals surface area contributed by atoms with Crippen molar-refractivity contribution in [2.75, 3.05) is 24.6 Å². The standard InChI is InChI=1S/C14H21N3OS/c1-10-3-4-13-11(2)17(7-6-16(10)13)14(18)12-9-19-8-5-15-12/h3-4,11-12,15H,5-9H2,1-2H3. The molecule has 2 aliphatic rings. The largest absolute Gasteiger partial charge is 0.345 e. The van der Waals surface area contributed by atoms with E-state index in [1.54, 1.807) is 0 Å². The Hall–Kier alpha value is -0.940. The number of thioether (sulfide) groups is 1. The molecule has 3 heterocycles. The van der Waals surface area contributed by atoms with Crippen LogP contribution in [0.4, 0.5) is 0 Å². The second-order valence-electron chi connectivity index (χ2n) is 5.34. The molecule has 1 saturated heterocycles. The molecule has 1 aromatic rings. The summed E-state index contributed by atoms with van der Waals surface area (Å²) in [4.78, 5) is 14.7.